The molecule has 1 aromatic heterocycles. The first kappa shape index (κ1) is 14.8. The minimum atomic E-state index is -0.495. The number of ether oxygens (including phenoxy) is 1. The van der Waals surface area contributed by atoms with Crippen LogP contribution in [-0.2, 0) is 4.74 Å². The van der Waals surface area contributed by atoms with Crippen LogP contribution < -0.4 is 5.32 Å². The lowest BCUT2D eigenvalue weighted by molar-refractivity contribution is 0.0606. The lowest BCUT2D eigenvalue weighted by Crippen LogP contribution is -1.98. The zero-order valence-electron chi connectivity index (χ0n) is 9.54. The molecule has 1 heterocycles. The van der Waals surface area contributed by atoms with Gasteiger partial charge in [-0.05, 0) is 34.1 Å². The van der Waals surface area contributed by atoms with Crippen LogP contribution >= 0.6 is 54.8 Å². The van der Waals surface area contributed by atoms with Crippen LogP contribution in [0.1, 0.15) is 9.67 Å². The van der Waals surface area contributed by atoms with E-state index in [1.807, 2.05) is 18.2 Å². The van der Waals surface area contributed by atoms with Gasteiger partial charge in [0.1, 0.15) is 0 Å². The normalized spacial score (nSPS) is 10.3. The molecule has 0 aliphatic heterocycles. The van der Waals surface area contributed by atoms with E-state index < -0.39 is 5.97 Å². The molecule has 19 heavy (non-hydrogen) atoms. The molecule has 1 aromatic carbocycles. The summed E-state index contributed by atoms with van der Waals surface area (Å²) in [6.45, 7) is 0. The number of benzene rings is 1. The third-order valence-electron chi connectivity index (χ3n) is 2.13. The molecule has 0 radical (unpaired) electrons. The zero-order chi connectivity index (χ0) is 14.0. The number of nitrogens with one attached hydrogen (secondary N) is 1. The second kappa shape index (κ2) is 6.21. The molecule has 0 saturated heterocycles. The summed E-state index contributed by atoms with van der Waals surface area (Å²) in [5, 5.41) is 3.74. The fourth-order valence-corrected chi connectivity index (χ4v) is 3.54. The first-order valence-electron chi connectivity index (χ1n) is 4.98. The van der Waals surface area contributed by atoms with Crippen molar-refractivity contribution in [3.05, 3.63) is 37.2 Å². The molecule has 1 N–H and O–H groups in total. The average molecular weight is 427 g/mol. The van der Waals surface area contributed by atoms with Gasteiger partial charge in [0, 0.05) is 8.95 Å². The van der Waals surface area contributed by atoms with Crippen LogP contribution in [-0.4, -0.2) is 18.1 Å². The summed E-state index contributed by atoms with van der Waals surface area (Å²) in [5.41, 5.74) is 0.824. The molecule has 0 aliphatic carbocycles. The smallest absolute Gasteiger partial charge is 0.351 e. The highest BCUT2D eigenvalue weighted by Gasteiger charge is 2.17. The number of anilines is 2. The minimum absolute atomic E-state index is 0.132. The van der Waals surface area contributed by atoms with Crippen LogP contribution in [0.3, 0.4) is 0 Å². The van der Waals surface area contributed by atoms with E-state index in [-0.39, 0.29) is 10.0 Å². The van der Waals surface area contributed by atoms with Crippen molar-refractivity contribution in [1.29, 1.82) is 0 Å². The van der Waals surface area contributed by atoms with E-state index in [0.717, 1.165) is 26.0 Å². The molecule has 0 atom stereocenters. The van der Waals surface area contributed by atoms with Crippen LogP contribution in [0.4, 0.5) is 10.8 Å². The third kappa shape index (κ3) is 3.47. The van der Waals surface area contributed by atoms with Gasteiger partial charge in [0.05, 0.1) is 12.8 Å². The molecule has 0 saturated carbocycles. The number of thiazole rings is 1. The van der Waals surface area contributed by atoms with Crippen molar-refractivity contribution < 1.29 is 9.53 Å². The summed E-state index contributed by atoms with van der Waals surface area (Å²) in [7, 11) is 1.30. The summed E-state index contributed by atoms with van der Waals surface area (Å²) in [4.78, 5) is 15.8. The van der Waals surface area contributed by atoms with E-state index in [2.05, 4.69) is 46.9 Å². The van der Waals surface area contributed by atoms with Gasteiger partial charge in [0.2, 0.25) is 0 Å². The molecular weight excluding hydrogens is 419 g/mol. The van der Waals surface area contributed by atoms with Gasteiger partial charge in [-0.15, -0.1) is 0 Å². The van der Waals surface area contributed by atoms with E-state index in [1.165, 1.54) is 7.11 Å². The average Bonchev–Trinajstić information content (AvgIpc) is 2.73. The van der Waals surface area contributed by atoms with E-state index in [0.29, 0.717) is 5.13 Å². The number of halogens is 3. The molecule has 0 unspecified atom stereocenters. The quantitative estimate of drug-likeness (QED) is 0.713. The van der Waals surface area contributed by atoms with Gasteiger partial charge < -0.3 is 10.1 Å². The Bertz CT molecular complexity index is 633. The Morgan fingerprint density at radius 1 is 1.47 bits per heavy atom. The molecular formula is C11H7Br2ClN2O2S. The molecule has 0 amide bonds. The Morgan fingerprint density at radius 2 is 2.21 bits per heavy atom. The van der Waals surface area contributed by atoms with Gasteiger partial charge in [0.15, 0.2) is 15.2 Å². The van der Waals surface area contributed by atoms with E-state index in [9.17, 15) is 4.79 Å². The fraction of sp³-hybridized carbons (Fsp3) is 0.0909. The maximum absolute atomic E-state index is 11.4. The second-order valence-electron chi connectivity index (χ2n) is 3.38. The first-order valence-corrected chi connectivity index (χ1v) is 7.76. The summed E-state index contributed by atoms with van der Waals surface area (Å²) in [6.07, 6.45) is 0. The lowest BCUT2D eigenvalue weighted by atomic mass is 10.3. The number of nitrogens with zero attached hydrogens (tertiary/aromatic N) is 1. The summed E-state index contributed by atoms with van der Waals surface area (Å²) in [5.74, 6) is -0.495. The van der Waals surface area contributed by atoms with Crippen LogP contribution in [0.2, 0.25) is 5.15 Å². The monoisotopic (exact) mass is 424 g/mol. The molecule has 0 aliphatic rings. The van der Waals surface area contributed by atoms with Crippen molar-refractivity contribution in [2.45, 2.75) is 0 Å². The van der Waals surface area contributed by atoms with E-state index >= 15 is 0 Å². The maximum Gasteiger partial charge on any atom is 0.351 e. The molecule has 0 bridgehead atoms. The predicted molar refractivity (Wildman–Crippen MR) is 83.6 cm³/mol. The number of methoxy groups -OCH3 is 1. The molecule has 4 nitrogen and oxygen atoms in total. The van der Waals surface area contributed by atoms with Crippen molar-refractivity contribution in [2.75, 3.05) is 12.4 Å². The summed E-state index contributed by atoms with van der Waals surface area (Å²) in [6, 6.07) is 5.67. The highest BCUT2D eigenvalue weighted by molar-refractivity contribution is 9.11. The SMILES string of the molecule is COC(=O)c1sc(Nc2ccc(Br)cc2Br)nc1Cl. The Labute approximate surface area is 135 Å². The predicted octanol–water partition coefficient (Wildman–Crippen LogP) is 4.85. The van der Waals surface area contributed by atoms with Gasteiger partial charge in [-0.1, -0.05) is 38.9 Å². The van der Waals surface area contributed by atoms with Gasteiger partial charge in [-0.3, -0.25) is 0 Å². The van der Waals surface area contributed by atoms with Crippen molar-refractivity contribution in [2.24, 2.45) is 0 Å². The molecule has 0 fully saturated rings. The van der Waals surface area contributed by atoms with E-state index in [1.54, 1.807) is 0 Å². The highest BCUT2D eigenvalue weighted by Crippen LogP contribution is 2.33. The topological polar surface area (TPSA) is 51.2 Å². The molecule has 8 heteroatoms. The standard InChI is InChI=1S/C11H7Br2ClN2O2S/c1-18-10(17)8-9(14)16-11(19-8)15-7-3-2-5(12)4-6(7)13/h2-4H,1H3,(H,15,16). The highest BCUT2D eigenvalue weighted by atomic mass is 79.9. The van der Waals surface area contributed by atoms with Crippen LogP contribution in [0.5, 0.6) is 0 Å². The van der Waals surface area contributed by atoms with Gasteiger partial charge in [0.25, 0.3) is 0 Å². The van der Waals surface area contributed by atoms with Crippen LogP contribution in [0.15, 0.2) is 27.1 Å². The van der Waals surface area contributed by atoms with Crippen molar-refractivity contribution in [3.63, 3.8) is 0 Å². The van der Waals surface area contributed by atoms with Crippen molar-refractivity contribution >= 4 is 71.6 Å². The second-order valence-corrected chi connectivity index (χ2v) is 6.51. The summed E-state index contributed by atoms with van der Waals surface area (Å²) >= 11 is 13.8. The molecule has 100 valence electrons. The van der Waals surface area contributed by atoms with Crippen molar-refractivity contribution in [3.8, 4) is 0 Å². The number of carbonyl (C=O) groups excluding carboxylic acids is 1. The third-order valence-corrected chi connectivity index (χ3v) is 4.62. The van der Waals surface area contributed by atoms with Gasteiger partial charge in [-0.25, -0.2) is 9.78 Å². The number of hydrogen-bond acceptors (Lipinski definition) is 5. The van der Waals surface area contributed by atoms with Crippen molar-refractivity contribution in [1.82, 2.24) is 4.98 Å². The number of carbonyl (C=O) groups is 1. The van der Waals surface area contributed by atoms with Gasteiger partial charge >= 0.3 is 5.97 Å². The fourth-order valence-electron chi connectivity index (χ4n) is 1.28. The summed E-state index contributed by atoms with van der Waals surface area (Å²) < 4.78 is 6.45. The molecule has 2 rings (SSSR count). The van der Waals surface area contributed by atoms with Crippen LogP contribution in [0, 0.1) is 0 Å². The number of esters is 1. The largest absolute Gasteiger partial charge is 0.465 e. The number of aromatic nitrogens is 1. The number of hydrogen-bond donors (Lipinski definition) is 1. The Kier molecular flexibility index (Phi) is 4.83. The van der Waals surface area contributed by atoms with E-state index in [4.69, 9.17) is 11.6 Å². The zero-order valence-corrected chi connectivity index (χ0v) is 14.3. The Balaban J connectivity index is 2.26. The van der Waals surface area contributed by atoms with Gasteiger partial charge in [-0.2, -0.15) is 0 Å². The Hall–Kier alpha value is -0.630. The lowest BCUT2D eigenvalue weighted by Gasteiger charge is -2.05. The minimum Gasteiger partial charge on any atom is -0.465 e. The maximum atomic E-state index is 11.4. The molecule has 2 aromatic rings. The number of rotatable bonds is 3. The first-order chi connectivity index (χ1) is 9.01. The molecule has 0 spiro atoms. The Morgan fingerprint density at radius 3 is 2.84 bits per heavy atom. The van der Waals surface area contributed by atoms with Crippen LogP contribution in [0.25, 0.3) is 0 Å².